The third-order valence-corrected chi connectivity index (χ3v) is 8.59. The number of hydrogen-bond acceptors (Lipinski definition) is 2. The minimum absolute atomic E-state index is 0.337. The van der Waals surface area contributed by atoms with Gasteiger partial charge in [0.2, 0.25) is 0 Å². The second-order valence-corrected chi connectivity index (χ2v) is 11.5. The van der Waals surface area contributed by atoms with Gasteiger partial charge in [-0.3, -0.25) is 0 Å². The Kier molecular flexibility index (Phi) is 6.11. The lowest BCUT2D eigenvalue weighted by molar-refractivity contribution is 0.389. The second kappa shape index (κ2) is 8.43. The van der Waals surface area contributed by atoms with Crippen LogP contribution in [-0.2, 0) is 0 Å². The highest BCUT2D eigenvalue weighted by Gasteiger charge is 2.36. The van der Waals surface area contributed by atoms with Gasteiger partial charge in [-0.05, 0) is 109 Å². The minimum Gasteiger partial charge on any atom is -0.508 e. The summed E-state index contributed by atoms with van der Waals surface area (Å²) < 4.78 is 0. The molecule has 2 aliphatic rings. The number of fused-ring (bicyclic) bond motifs is 2. The number of benzene rings is 2. The SMILES string of the molecule is Cc1cc2c(c(O)c1-c1c(C)cc(O)c3c1C(C(C)C)CCC3C)C(C)CCC2C(C)C. The molecule has 0 saturated heterocycles. The molecule has 4 unspecified atom stereocenters. The molecular formula is C30H42O2. The molecule has 174 valence electrons. The van der Waals surface area contributed by atoms with Gasteiger partial charge < -0.3 is 10.2 Å². The van der Waals surface area contributed by atoms with Crippen molar-refractivity contribution in [1.82, 2.24) is 0 Å². The fraction of sp³-hybridized carbons (Fsp3) is 0.600. The minimum atomic E-state index is 0.337. The Hall–Kier alpha value is -1.96. The number of phenolic OH excluding ortho intramolecular Hbond substituents is 2. The lowest BCUT2D eigenvalue weighted by atomic mass is 9.67. The van der Waals surface area contributed by atoms with E-state index in [-0.39, 0.29) is 0 Å². The Morgan fingerprint density at radius 2 is 1.22 bits per heavy atom. The highest BCUT2D eigenvalue weighted by atomic mass is 16.3. The van der Waals surface area contributed by atoms with Crippen molar-refractivity contribution >= 4 is 0 Å². The van der Waals surface area contributed by atoms with E-state index in [2.05, 4.69) is 61.5 Å². The van der Waals surface area contributed by atoms with E-state index in [1.807, 2.05) is 6.07 Å². The van der Waals surface area contributed by atoms with E-state index in [4.69, 9.17) is 0 Å². The normalized spacial score (nSPS) is 25.2. The van der Waals surface area contributed by atoms with Gasteiger partial charge in [-0.25, -0.2) is 0 Å². The van der Waals surface area contributed by atoms with Crippen LogP contribution >= 0.6 is 0 Å². The zero-order valence-corrected chi connectivity index (χ0v) is 21.3. The van der Waals surface area contributed by atoms with E-state index < -0.39 is 0 Å². The quantitative estimate of drug-likeness (QED) is 0.507. The van der Waals surface area contributed by atoms with Crippen molar-refractivity contribution < 1.29 is 10.2 Å². The zero-order chi connectivity index (χ0) is 23.5. The van der Waals surface area contributed by atoms with Crippen LogP contribution < -0.4 is 0 Å². The average Bonchev–Trinajstić information content (AvgIpc) is 2.69. The van der Waals surface area contributed by atoms with E-state index in [9.17, 15) is 10.2 Å². The van der Waals surface area contributed by atoms with Crippen molar-refractivity contribution in [2.45, 2.75) is 105 Å². The highest BCUT2D eigenvalue weighted by Crippen LogP contribution is 2.55. The predicted octanol–water partition coefficient (Wildman–Crippen LogP) is 8.66. The number of hydrogen-bond donors (Lipinski definition) is 2. The van der Waals surface area contributed by atoms with Crippen molar-refractivity contribution in [2.75, 3.05) is 0 Å². The smallest absolute Gasteiger partial charge is 0.127 e. The number of aromatic hydroxyl groups is 2. The predicted molar refractivity (Wildman–Crippen MR) is 135 cm³/mol. The molecule has 2 aromatic carbocycles. The van der Waals surface area contributed by atoms with Crippen molar-refractivity contribution in [2.24, 2.45) is 11.8 Å². The first-order valence-corrected chi connectivity index (χ1v) is 12.8. The van der Waals surface area contributed by atoms with Gasteiger partial charge in [-0.2, -0.15) is 0 Å². The van der Waals surface area contributed by atoms with Gasteiger partial charge in [-0.1, -0.05) is 47.6 Å². The molecule has 0 bridgehead atoms. The lowest BCUT2D eigenvalue weighted by Crippen LogP contribution is -2.20. The van der Waals surface area contributed by atoms with E-state index in [0.29, 0.717) is 47.0 Å². The van der Waals surface area contributed by atoms with Crippen molar-refractivity contribution in [1.29, 1.82) is 0 Å². The average molecular weight is 435 g/mol. The topological polar surface area (TPSA) is 40.5 Å². The molecule has 0 aliphatic heterocycles. The van der Waals surface area contributed by atoms with Crippen LogP contribution in [0.5, 0.6) is 11.5 Å². The summed E-state index contributed by atoms with van der Waals surface area (Å²) in [5.41, 5.74) is 9.35. The molecule has 0 fully saturated rings. The van der Waals surface area contributed by atoms with Gasteiger partial charge in [0, 0.05) is 16.7 Å². The third kappa shape index (κ3) is 3.55. The molecule has 0 spiro atoms. The maximum atomic E-state index is 11.9. The van der Waals surface area contributed by atoms with Crippen LogP contribution in [0.1, 0.15) is 124 Å². The summed E-state index contributed by atoms with van der Waals surface area (Å²) in [5, 5.41) is 22.8. The first-order valence-electron chi connectivity index (χ1n) is 12.8. The van der Waals surface area contributed by atoms with E-state index in [0.717, 1.165) is 41.5 Å². The Morgan fingerprint density at radius 3 is 1.81 bits per heavy atom. The zero-order valence-electron chi connectivity index (χ0n) is 21.3. The fourth-order valence-corrected chi connectivity index (χ4v) is 6.86. The Balaban J connectivity index is 2.06. The molecule has 0 aromatic heterocycles. The van der Waals surface area contributed by atoms with Crippen molar-refractivity contribution in [3.8, 4) is 22.6 Å². The molecule has 0 saturated carbocycles. The Bertz CT molecular complexity index is 1030. The molecule has 0 radical (unpaired) electrons. The molecule has 2 nitrogen and oxygen atoms in total. The maximum absolute atomic E-state index is 11.9. The van der Waals surface area contributed by atoms with Crippen LogP contribution in [0, 0.1) is 25.7 Å². The maximum Gasteiger partial charge on any atom is 0.127 e. The molecule has 2 N–H and O–H groups in total. The van der Waals surface area contributed by atoms with E-state index >= 15 is 0 Å². The van der Waals surface area contributed by atoms with E-state index in [1.165, 1.54) is 28.7 Å². The second-order valence-electron chi connectivity index (χ2n) is 11.5. The summed E-state index contributed by atoms with van der Waals surface area (Å²) in [6.07, 6.45) is 4.57. The van der Waals surface area contributed by atoms with Crippen LogP contribution in [0.4, 0.5) is 0 Å². The van der Waals surface area contributed by atoms with Crippen LogP contribution in [0.25, 0.3) is 11.1 Å². The lowest BCUT2D eigenvalue weighted by Gasteiger charge is -2.37. The summed E-state index contributed by atoms with van der Waals surface area (Å²) in [5.74, 6) is 3.61. The van der Waals surface area contributed by atoms with Gasteiger partial charge in [0.1, 0.15) is 11.5 Å². The van der Waals surface area contributed by atoms with Crippen molar-refractivity contribution in [3.05, 3.63) is 45.5 Å². The van der Waals surface area contributed by atoms with Crippen LogP contribution in [0.2, 0.25) is 0 Å². The first kappa shape index (κ1) is 23.2. The Morgan fingerprint density at radius 1 is 0.688 bits per heavy atom. The summed E-state index contributed by atoms with van der Waals surface area (Å²) in [7, 11) is 0. The molecule has 4 atom stereocenters. The first-order chi connectivity index (χ1) is 15.0. The van der Waals surface area contributed by atoms with E-state index in [1.54, 1.807) is 0 Å². The number of phenols is 2. The molecule has 2 aliphatic carbocycles. The fourth-order valence-electron chi connectivity index (χ4n) is 6.86. The molecule has 0 amide bonds. The van der Waals surface area contributed by atoms with Gasteiger partial charge in [0.25, 0.3) is 0 Å². The summed E-state index contributed by atoms with van der Waals surface area (Å²) in [6.45, 7) is 18.0. The monoisotopic (exact) mass is 434 g/mol. The molecule has 4 rings (SSSR count). The summed E-state index contributed by atoms with van der Waals surface area (Å²) >= 11 is 0. The van der Waals surface area contributed by atoms with Gasteiger partial charge >= 0.3 is 0 Å². The van der Waals surface area contributed by atoms with Gasteiger partial charge in [0.15, 0.2) is 0 Å². The summed E-state index contributed by atoms with van der Waals surface area (Å²) in [6, 6.07) is 4.31. The van der Waals surface area contributed by atoms with Gasteiger partial charge in [0.05, 0.1) is 0 Å². The molecule has 0 heterocycles. The third-order valence-electron chi connectivity index (χ3n) is 8.59. The number of rotatable bonds is 3. The highest BCUT2D eigenvalue weighted by molar-refractivity contribution is 5.84. The molecular weight excluding hydrogens is 392 g/mol. The standard InChI is InChI=1S/C30H42O2/c1-15(2)21-11-9-17(5)25-23(21)13-19(7)28(30(25)32)27-20(8)14-24(31)26-18(6)10-12-22(16(3)4)29(26)27/h13-18,21-22,31-32H,9-12H2,1-8H3. The van der Waals surface area contributed by atoms with Crippen LogP contribution in [-0.4, -0.2) is 10.2 Å². The van der Waals surface area contributed by atoms with Crippen molar-refractivity contribution in [3.63, 3.8) is 0 Å². The molecule has 32 heavy (non-hydrogen) atoms. The Labute approximate surface area is 195 Å². The number of aryl methyl sites for hydroxylation is 2. The molecule has 2 aromatic rings. The summed E-state index contributed by atoms with van der Waals surface area (Å²) in [4.78, 5) is 0. The van der Waals surface area contributed by atoms with Gasteiger partial charge in [-0.15, -0.1) is 0 Å². The van der Waals surface area contributed by atoms with Crippen LogP contribution in [0.15, 0.2) is 12.1 Å². The largest absolute Gasteiger partial charge is 0.508 e. The van der Waals surface area contributed by atoms with Crippen LogP contribution in [0.3, 0.4) is 0 Å². The molecule has 2 heteroatoms.